The van der Waals surface area contributed by atoms with Crippen LogP contribution in [-0.4, -0.2) is 95.2 Å². The van der Waals surface area contributed by atoms with Crippen molar-refractivity contribution in [3.05, 3.63) is 0 Å². The molecule has 0 radical (unpaired) electrons. The molecule has 0 aliphatic carbocycles. The Morgan fingerprint density at radius 2 is 0.667 bits per heavy atom. The van der Waals surface area contributed by atoms with Gasteiger partial charge in [0.1, 0.15) is 0 Å². The van der Waals surface area contributed by atoms with E-state index < -0.39 is 6.16 Å². The fourth-order valence-electron chi connectivity index (χ4n) is 0.0833. The van der Waals surface area contributed by atoms with Crippen molar-refractivity contribution in [2.45, 2.75) is 41.5 Å². The number of esters is 2. The standard InChI is InChI=1S/2C3H7NO.C3H6O3.2C3H6O2.2C3H6OS.2H2/c2*1-3(5)4-2;1-5-3(4)6-2;4*1-3(4)5-2;;/h2*1-2H3,(H,4,5);1-2H3;4*1-2H3;2*1H. The third-order valence-corrected chi connectivity index (χ3v) is 3.34. The maximum atomic E-state index is 9.78. The summed E-state index contributed by atoms with van der Waals surface area (Å²) in [7, 11) is 8.41. The highest BCUT2D eigenvalue weighted by Gasteiger charge is 1.88. The van der Waals surface area contributed by atoms with Crippen molar-refractivity contribution < 1.29 is 55.4 Å². The molecule has 2 N–H and O–H groups in total. The van der Waals surface area contributed by atoms with Crippen molar-refractivity contribution in [3.8, 4) is 0 Å². The Morgan fingerprint density at radius 3 is 0.667 bits per heavy atom. The van der Waals surface area contributed by atoms with E-state index in [1.54, 1.807) is 40.5 Å². The number of thioether (sulfide) groups is 2. The van der Waals surface area contributed by atoms with Gasteiger partial charge in [-0.25, -0.2) is 4.79 Å². The number of rotatable bonds is 0. The molecule has 15 heteroatoms. The van der Waals surface area contributed by atoms with Crippen molar-refractivity contribution in [3.63, 3.8) is 0 Å². The van der Waals surface area contributed by atoms with Gasteiger partial charge in [0.05, 0.1) is 28.4 Å². The molecule has 0 rings (SSSR count). The van der Waals surface area contributed by atoms with Crippen LogP contribution in [0.25, 0.3) is 0 Å². The SMILES string of the molecule is CNC(C)=O.CNC(C)=O.COC(=O)OC.COC(C)=O.COC(C)=O.CSC(C)=O.CSC(C)=O.[HH].[HH]. The zero-order valence-corrected chi connectivity index (χ0v) is 25.4. The predicted molar refractivity (Wildman–Crippen MR) is 147 cm³/mol. The number of hydrogen-bond donors (Lipinski definition) is 2. The van der Waals surface area contributed by atoms with Gasteiger partial charge in [-0.15, -0.1) is 0 Å². The third-order valence-electron chi connectivity index (χ3n) is 2.19. The van der Waals surface area contributed by atoms with Crippen LogP contribution in [0.4, 0.5) is 4.79 Å². The maximum Gasteiger partial charge on any atom is 0.507 e. The Hall–Kier alpha value is -2.81. The fourth-order valence-corrected chi connectivity index (χ4v) is 0.0833. The first-order valence-electron chi connectivity index (χ1n) is 9.60. The largest absolute Gasteiger partial charge is 0.507 e. The molecule has 0 fully saturated rings. The molecule has 220 valence electrons. The van der Waals surface area contributed by atoms with E-state index in [4.69, 9.17) is 0 Å². The summed E-state index contributed by atoms with van der Waals surface area (Å²) in [4.78, 5) is 67.9. The van der Waals surface area contributed by atoms with Crippen molar-refractivity contribution in [1.82, 2.24) is 10.6 Å². The van der Waals surface area contributed by atoms with Gasteiger partial charge in [-0.2, -0.15) is 0 Å². The van der Waals surface area contributed by atoms with Gasteiger partial charge in [-0.3, -0.25) is 28.8 Å². The zero-order valence-electron chi connectivity index (χ0n) is 23.8. The summed E-state index contributed by atoms with van der Waals surface area (Å²) >= 11 is 2.48. The molecule has 0 saturated heterocycles. The lowest BCUT2D eigenvalue weighted by Crippen LogP contribution is -2.11. The Bertz CT molecular complexity index is 485. The van der Waals surface area contributed by atoms with Crippen molar-refractivity contribution >= 4 is 63.7 Å². The topological polar surface area (TPSA) is 180 Å². The zero-order chi connectivity index (χ0) is 30.7. The quantitative estimate of drug-likeness (QED) is 0.322. The van der Waals surface area contributed by atoms with E-state index in [0.29, 0.717) is 0 Å². The molecule has 0 aromatic heterocycles. The van der Waals surface area contributed by atoms with Gasteiger partial charge in [-0.05, 0) is 12.5 Å². The molecule has 0 aromatic carbocycles. The Kier molecular flexibility index (Phi) is 63.6. The molecular weight excluding hydrogens is 520 g/mol. The first kappa shape index (κ1) is 50.1. The summed E-state index contributed by atoms with van der Waals surface area (Å²) in [5.74, 6) is -0.481. The highest BCUT2D eigenvalue weighted by molar-refractivity contribution is 8.13. The number of hydrogen-bond acceptors (Lipinski definition) is 13. The van der Waals surface area contributed by atoms with Crippen LogP contribution in [0.3, 0.4) is 0 Å². The summed E-state index contributed by atoms with van der Waals surface area (Å²) in [5, 5.41) is 5.12. The van der Waals surface area contributed by atoms with Gasteiger partial charge in [0, 0.05) is 58.5 Å². The van der Waals surface area contributed by atoms with Crippen LogP contribution >= 0.6 is 23.5 Å². The van der Waals surface area contributed by atoms with Crippen LogP contribution in [0.2, 0.25) is 0 Å². The summed E-state index contributed by atoms with van der Waals surface area (Å²) in [6, 6.07) is 0. The fraction of sp³-hybridized carbons (Fsp3) is 0.667. The first-order valence-corrected chi connectivity index (χ1v) is 12.1. The molecule has 0 saturated carbocycles. The Labute approximate surface area is 226 Å². The monoisotopic (exact) mass is 568 g/mol. The highest BCUT2D eigenvalue weighted by atomic mass is 32.2. The van der Waals surface area contributed by atoms with Crippen LogP contribution in [0.15, 0.2) is 0 Å². The number of amides is 2. The average molecular weight is 569 g/mol. The van der Waals surface area contributed by atoms with Crippen LogP contribution in [0.1, 0.15) is 44.4 Å². The Morgan fingerprint density at radius 1 is 0.528 bits per heavy atom. The average Bonchev–Trinajstić information content (AvgIpc) is 2.85. The molecule has 0 unspecified atom stereocenters. The molecule has 0 aliphatic rings. The molecule has 0 aliphatic heterocycles. The van der Waals surface area contributed by atoms with Gasteiger partial charge < -0.3 is 29.6 Å². The van der Waals surface area contributed by atoms with Gasteiger partial charge in [0.2, 0.25) is 11.8 Å². The minimum absolute atomic E-state index is 0. The minimum Gasteiger partial charge on any atom is -0.469 e. The summed E-state index contributed by atoms with van der Waals surface area (Å²) in [6.45, 7) is 8.76. The second-order valence-corrected chi connectivity index (χ2v) is 7.02. The molecule has 13 nitrogen and oxygen atoms in total. The molecular formula is C21H48N2O11S2. The second-order valence-electron chi connectivity index (χ2n) is 5.05. The Balaban J connectivity index is -0.0000000366. The highest BCUT2D eigenvalue weighted by Crippen LogP contribution is 1.88. The predicted octanol–water partition coefficient (Wildman–Crippen LogP) is 2.55. The number of ether oxygens (including phenoxy) is 4. The summed E-state index contributed by atoms with van der Waals surface area (Å²) in [6.07, 6.45) is 2.88. The molecule has 36 heavy (non-hydrogen) atoms. The number of methoxy groups -OCH3 is 4. The lowest BCUT2D eigenvalue weighted by molar-refractivity contribution is -0.138. The molecule has 0 atom stereocenters. The molecule has 0 aromatic rings. The van der Waals surface area contributed by atoms with Crippen molar-refractivity contribution in [2.24, 2.45) is 0 Å². The van der Waals surface area contributed by atoms with E-state index in [9.17, 15) is 33.6 Å². The first-order chi connectivity index (χ1) is 16.4. The van der Waals surface area contributed by atoms with E-state index in [1.165, 1.54) is 79.7 Å². The van der Waals surface area contributed by atoms with E-state index in [1.807, 2.05) is 0 Å². The number of carbonyl (C=O) groups excluding carboxylic acids is 7. The summed E-state index contributed by atoms with van der Waals surface area (Å²) < 4.78 is 16.3. The van der Waals surface area contributed by atoms with Crippen LogP contribution in [0.5, 0.6) is 0 Å². The van der Waals surface area contributed by atoms with Gasteiger partial charge >= 0.3 is 18.1 Å². The minimum atomic E-state index is -0.657. The normalized spacial score (nSPS) is 7.06. The van der Waals surface area contributed by atoms with Gasteiger partial charge in [0.15, 0.2) is 10.2 Å². The smallest absolute Gasteiger partial charge is 0.469 e. The number of carbonyl (C=O) groups is 7. The van der Waals surface area contributed by atoms with Crippen LogP contribution in [0, 0.1) is 0 Å². The molecule has 0 bridgehead atoms. The van der Waals surface area contributed by atoms with Crippen LogP contribution < -0.4 is 10.6 Å². The van der Waals surface area contributed by atoms with Gasteiger partial charge in [0.25, 0.3) is 0 Å². The number of nitrogens with one attached hydrogen (secondary N) is 2. The van der Waals surface area contributed by atoms with E-state index in [0.717, 1.165) is 0 Å². The van der Waals surface area contributed by atoms with Crippen molar-refractivity contribution in [2.75, 3.05) is 55.0 Å². The van der Waals surface area contributed by atoms with E-state index in [2.05, 4.69) is 29.6 Å². The lowest BCUT2D eigenvalue weighted by Gasteiger charge is -1.89. The van der Waals surface area contributed by atoms with Crippen molar-refractivity contribution in [1.29, 1.82) is 0 Å². The summed E-state index contributed by atoms with van der Waals surface area (Å²) in [5.41, 5.74) is 0. The van der Waals surface area contributed by atoms with Crippen LogP contribution in [-0.2, 0) is 47.7 Å². The molecule has 0 spiro atoms. The van der Waals surface area contributed by atoms with E-state index in [-0.39, 0.29) is 36.8 Å². The maximum absolute atomic E-state index is 9.78. The second kappa shape index (κ2) is 45.7. The molecule has 2 amide bonds. The third kappa shape index (κ3) is 163. The van der Waals surface area contributed by atoms with Gasteiger partial charge in [-0.1, -0.05) is 23.5 Å². The molecule has 0 heterocycles. The lowest BCUT2D eigenvalue weighted by atomic mass is 10.7. The van der Waals surface area contributed by atoms with E-state index >= 15 is 0 Å².